The van der Waals surface area contributed by atoms with Gasteiger partial charge in [-0.3, -0.25) is 4.79 Å². The maximum atomic E-state index is 12.4. The highest BCUT2D eigenvalue weighted by molar-refractivity contribution is 5.95. The molecular weight excluding hydrogens is 268 g/mol. The molecule has 0 fully saturated rings. The lowest BCUT2D eigenvalue weighted by Crippen LogP contribution is -2.38. The van der Waals surface area contributed by atoms with Crippen LogP contribution >= 0.6 is 0 Å². The van der Waals surface area contributed by atoms with Crippen molar-refractivity contribution in [3.05, 3.63) is 35.4 Å². The molecule has 0 radical (unpaired) electrons. The molecule has 0 heterocycles. The van der Waals surface area contributed by atoms with E-state index >= 15 is 0 Å². The van der Waals surface area contributed by atoms with Crippen molar-refractivity contribution in [3.63, 3.8) is 0 Å². The second-order valence-electron chi connectivity index (χ2n) is 5.58. The molecule has 0 spiro atoms. The number of allylic oxidation sites excluding steroid dienone is 2. The Morgan fingerprint density at radius 3 is 2.29 bits per heavy atom. The minimum atomic E-state index is -1.05. The van der Waals surface area contributed by atoms with Crippen molar-refractivity contribution < 1.29 is 19.1 Å². The summed E-state index contributed by atoms with van der Waals surface area (Å²) in [7, 11) is 1.57. The number of hydrogen-bond acceptors (Lipinski definition) is 4. The number of aldehydes is 1. The van der Waals surface area contributed by atoms with Crippen molar-refractivity contribution in [2.75, 3.05) is 7.11 Å². The van der Waals surface area contributed by atoms with Crippen LogP contribution in [-0.4, -0.2) is 19.4 Å². The Kier molecular flexibility index (Phi) is 4.46. The second-order valence-corrected chi connectivity index (χ2v) is 5.58. The lowest BCUT2D eigenvalue weighted by Gasteiger charge is -2.31. The molecular formula is C17H20O4. The molecule has 0 bridgehead atoms. The van der Waals surface area contributed by atoms with Crippen LogP contribution in [0.2, 0.25) is 0 Å². The quantitative estimate of drug-likeness (QED) is 0.280. The summed E-state index contributed by atoms with van der Waals surface area (Å²) < 4.78 is 10.4. The van der Waals surface area contributed by atoms with Gasteiger partial charge >= 0.3 is 5.97 Å². The highest BCUT2D eigenvalue weighted by Crippen LogP contribution is 2.39. The third-order valence-corrected chi connectivity index (χ3v) is 4.16. The molecule has 21 heavy (non-hydrogen) atoms. The van der Waals surface area contributed by atoms with Crippen LogP contribution in [-0.2, 0) is 9.59 Å². The SMILES string of the molecule is COc1ccc(OC(=O)[C@@]2(C=O)CCC(C)=C(C)C2)cc1. The van der Waals surface area contributed by atoms with Gasteiger partial charge in [0.05, 0.1) is 7.11 Å². The lowest BCUT2D eigenvalue weighted by atomic mass is 9.73. The number of benzene rings is 1. The zero-order valence-electron chi connectivity index (χ0n) is 12.6. The maximum absolute atomic E-state index is 12.4. The average Bonchev–Trinajstić information content (AvgIpc) is 2.51. The molecule has 0 saturated heterocycles. The predicted octanol–water partition coefficient (Wildman–Crippen LogP) is 3.31. The van der Waals surface area contributed by atoms with Crippen LogP contribution in [0.4, 0.5) is 0 Å². The summed E-state index contributed by atoms with van der Waals surface area (Å²) in [5.74, 6) is 0.632. The molecule has 1 aliphatic rings. The Hall–Kier alpha value is -2.10. The van der Waals surface area contributed by atoms with Gasteiger partial charge in [-0.15, -0.1) is 0 Å². The van der Waals surface area contributed by atoms with Crippen molar-refractivity contribution in [3.8, 4) is 11.5 Å². The summed E-state index contributed by atoms with van der Waals surface area (Å²) >= 11 is 0. The Bertz CT molecular complexity index is 571. The van der Waals surface area contributed by atoms with E-state index in [1.807, 2.05) is 13.8 Å². The number of hydrogen-bond donors (Lipinski definition) is 0. The summed E-state index contributed by atoms with van der Waals surface area (Å²) in [5.41, 5.74) is 1.30. The van der Waals surface area contributed by atoms with Gasteiger partial charge in [-0.05, 0) is 57.4 Å². The summed E-state index contributed by atoms with van der Waals surface area (Å²) in [6, 6.07) is 6.75. The fourth-order valence-corrected chi connectivity index (χ4v) is 2.51. The van der Waals surface area contributed by atoms with Gasteiger partial charge in [-0.25, -0.2) is 0 Å². The molecule has 0 aliphatic heterocycles. The first kappa shape index (κ1) is 15.3. The summed E-state index contributed by atoms with van der Waals surface area (Å²) in [6.45, 7) is 4.01. The van der Waals surface area contributed by atoms with Crippen molar-refractivity contribution in [1.29, 1.82) is 0 Å². The van der Waals surface area contributed by atoms with E-state index in [4.69, 9.17) is 9.47 Å². The molecule has 2 rings (SSSR count). The zero-order chi connectivity index (χ0) is 15.5. The van der Waals surface area contributed by atoms with E-state index in [2.05, 4.69) is 0 Å². The second kappa shape index (κ2) is 6.12. The van der Waals surface area contributed by atoms with Crippen molar-refractivity contribution in [1.82, 2.24) is 0 Å². The van der Waals surface area contributed by atoms with Crippen LogP contribution in [0.1, 0.15) is 33.1 Å². The fourth-order valence-electron chi connectivity index (χ4n) is 2.51. The lowest BCUT2D eigenvalue weighted by molar-refractivity contribution is -0.149. The van der Waals surface area contributed by atoms with E-state index in [0.717, 1.165) is 18.3 Å². The monoisotopic (exact) mass is 288 g/mol. The van der Waals surface area contributed by atoms with Crippen LogP contribution in [0.3, 0.4) is 0 Å². The first-order chi connectivity index (χ1) is 10.0. The Labute approximate surface area is 124 Å². The molecule has 0 N–H and O–H groups in total. The number of esters is 1. The Morgan fingerprint density at radius 2 is 1.76 bits per heavy atom. The molecule has 0 unspecified atom stereocenters. The fraction of sp³-hybridized carbons (Fsp3) is 0.412. The molecule has 0 aromatic heterocycles. The van der Waals surface area contributed by atoms with Gasteiger partial charge in [0, 0.05) is 0 Å². The van der Waals surface area contributed by atoms with Gasteiger partial charge < -0.3 is 14.3 Å². The summed E-state index contributed by atoms with van der Waals surface area (Å²) in [5, 5.41) is 0. The first-order valence-electron chi connectivity index (χ1n) is 6.98. The van der Waals surface area contributed by atoms with Crippen molar-refractivity contribution in [2.24, 2.45) is 5.41 Å². The summed E-state index contributed by atoms with van der Waals surface area (Å²) in [6.07, 6.45) is 2.45. The van der Waals surface area contributed by atoms with Gasteiger partial charge in [-0.1, -0.05) is 11.1 Å². The molecule has 112 valence electrons. The highest BCUT2D eigenvalue weighted by Gasteiger charge is 2.42. The van der Waals surface area contributed by atoms with E-state index in [-0.39, 0.29) is 0 Å². The number of carbonyl (C=O) groups is 2. The minimum absolute atomic E-state index is 0.422. The standard InChI is InChI=1S/C17H20O4/c1-12-8-9-17(11-18,10-13(12)2)16(19)21-15-6-4-14(20-3)5-7-15/h4-7,11H,8-10H2,1-3H3/t17-/m0/s1. The first-order valence-corrected chi connectivity index (χ1v) is 6.98. The molecule has 0 saturated carbocycles. The van der Waals surface area contributed by atoms with E-state index in [1.165, 1.54) is 5.57 Å². The minimum Gasteiger partial charge on any atom is -0.497 e. The molecule has 1 aliphatic carbocycles. The van der Waals surface area contributed by atoms with Gasteiger partial charge in [0.1, 0.15) is 23.2 Å². The molecule has 4 heteroatoms. The van der Waals surface area contributed by atoms with Crippen LogP contribution < -0.4 is 9.47 Å². The van der Waals surface area contributed by atoms with Crippen LogP contribution in [0, 0.1) is 5.41 Å². The number of methoxy groups -OCH3 is 1. The van der Waals surface area contributed by atoms with Crippen molar-refractivity contribution in [2.45, 2.75) is 33.1 Å². The Morgan fingerprint density at radius 1 is 1.14 bits per heavy atom. The number of carbonyl (C=O) groups excluding carboxylic acids is 2. The third-order valence-electron chi connectivity index (χ3n) is 4.16. The van der Waals surface area contributed by atoms with Crippen LogP contribution in [0.25, 0.3) is 0 Å². The van der Waals surface area contributed by atoms with E-state index in [9.17, 15) is 9.59 Å². The van der Waals surface area contributed by atoms with E-state index < -0.39 is 11.4 Å². The van der Waals surface area contributed by atoms with E-state index in [0.29, 0.717) is 24.3 Å². The molecule has 4 nitrogen and oxygen atoms in total. The summed E-state index contributed by atoms with van der Waals surface area (Å²) in [4.78, 5) is 23.9. The van der Waals surface area contributed by atoms with Gasteiger partial charge in [-0.2, -0.15) is 0 Å². The van der Waals surface area contributed by atoms with Gasteiger partial charge in [0.15, 0.2) is 0 Å². The van der Waals surface area contributed by atoms with Crippen molar-refractivity contribution >= 4 is 12.3 Å². The highest BCUT2D eigenvalue weighted by atomic mass is 16.5. The Balaban J connectivity index is 2.15. The number of rotatable bonds is 4. The molecule has 1 atom stereocenters. The van der Waals surface area contributed by atoms with Gasteiger partial charge in [0.2, 0.25) is 0 Å². The molecule has 1 aromatic carbocycles. The maximum Gasteiger partial charge on any atom is 0.325 e. The normalized spacial score (nSPS) is 21.9. The number of ether oxygens (including phenoxy) is 2. The molecule has 0 amide bonds. The average molecular weight is 288 g/mol. The third kappa shape index (κ3) is 3.15. The predicted molar refractivity (Wildman–Crippen MR) is 79.4 cm³/mol. The van der Waals surface area contributed by atoms with Gasteiger partial charge in [0.25, 0.3) is 0 Å². The van der Waals surface area contributed by atoms with Crippen LogP contribution in [0.15, 0.2) is 35.4 Å². The molecule has 1 aromatic rings. The largest absolute Gasteiger partial charge is 0.497 e. The van der Waals surface area contributed by atoms with E-state index in [1.54, 1.807) is 31.4 Å². The van der Waals surface area contributed by atoms with Crippen LogP contribution in [0.5, 0.6) is 11.5 Å². The topological polar surface area (TPSA) is 52.6 Å². The zero-order valence-corrected chi connectivity index (χ0v) is 12.6. The smallest absolute Gasteiger partial charge is 0.325 e.